The Hall–Kier alpha value is -3.55. The van der Waals surface area contributed by atoms with E-state index in [1.54, 1.807) is 16.8 Å². The van der Waals surface area contributed by atoms with E-state index in [2.05, 4.69) is 25.1 Å². The molecule has 0 saturated carbocycles. The summed E-state index contributed by atoms with van der Waals surface area (Å²) in [6, 6.07) is 15.4. The number of ether oxygens (including phenoxy) is 1. The van der Waals surface area contributed by atoms with Gasteiger partial charge in [-0.05, 0) is 54.1 Å². The second-order valence-electron chi connectivity index (χ2n) is 6.43. The number of benzene rings is 2. The number of esters is 1. The van der Waals surface area contributed by atoms with Crippen LogP contribution >= 0.6 is 0 Å². The van der Waals surface area contributed by atoms with Crippen molar-refractivity contribution in [3.63, 3.8) is 0 Å². The van der Waals surface area contributed by atoms with Crippen LogP contribution in [0.5, 0.6) is 0 Å². The van der Waals surface area contributed by atoms with Gasteiger partial charge in [0.1, 0.15) is 5.82 Å². The molecule has 0 atom stereocenters. The van der Waals surface area contributed by atoms with Crippen LogP contribution in [-0.2, 0) is 17.9 Å². The first kappa shape index (κ1) is 17.8. The minimum absolute atomic E-state index is 0.0291. The van der Waals surface area contributed by atoms with Crippen molar-refractivity contribution in [3.05, 3.63) is 65.7 Å². The fourth-order valence-corrected chi connectivity index (χ4v) is 3.16. The number of hydrogen-bond donors (Lipinski definition) is 0. The number of nitrogens with zero attached hydrogens (tertiary/aromatic N) is 6. The number of hydrogen-bond acceptors (Lipinski definition) is 6. The highest BCUT2D eigenvalue weighted by Gasteiger charge is 2.15. The molecule has 0 aliphatic carbocycles. The van der Waals surface area contributed by atoms with E-state index in [0.29, 0.717) is 17.9 Å². The zero-order valence-electron chi connectivity index (χ0n) is 15.7. The molecular formula is C20H20N6O2. The molecule has 142 valence electrons. The Morgan fingerprint density at radius 3 is 2.75 bits per heavy atom. The van der Waals surface area contributed by atoms with Gasteiger partial charge in [0.2, 0.25) is 0 Å². The molecular weight excluding hydrogens is 356 g/mol. The maximum atomic E-state index is 12.5. The van der Waals surface area contributed by atoms with Crippen molar-refractivity contribution < 1.29 is 9.53 Å². The standard InChI is InChI=1S/C20H20N6O2/c1-3-11-25-19(22-23-24-25)13-28-20(27)15-9-10-18-17(12-15)21-14(2)26(18)16-7-5-4-6-8-16/h4-10,12H,3,11,13H2,1-2H3. The van der Waals surface area contributed by atoms with Crippen LogP contribution in [0.25, 0.3) is 16.7 Å². The number of carbonyl (C=O) groups excluding carboxylic acids is 1. The highest BCUT2D eigenvalue weighted by atomic mass is 16.5. The second kappa shape index (κ2) is 7.59. The number of tetrazole rings is 1. The van der Waals surface area contributed by atoms with E-state index >= 15 is 0 Å². The molecule has 2 aromatic carbocycles. The van der Waals surface area contributed by atoms with Crippen LogP contribution in [0.1, 0.15) is 35.4 Å². The van der Waals surface area contributed by atoms with Gasteiger partial charge in [-0.3, -0.25) is 4.57 Å². The normalized spacial score (nSPS) is 11.1. The summed E-state index contributed by atoms with van der Waals surface area (Å²) in [6.45, 7) is 4.69. The minimum atomic E-state index is -0.431. The maximum absolute atomic E-state index is 12.5. The van der Waals surface area contributed by atoms with E-state index in [9.17, 15) is 4.79 Å². The summed E-state index contributed by atoms with van der Waals surface area (Å²) in [4.78, 5) is 17.1. The number of imidazole rings is 1. The number of carbonyl (C=O) groups is 1. The molecule has 0 bridgehead atoms. The molecule has 0 radical (unpaired) electrons. The van der Waals surface area contributed by atoms with Gasteiger partial charge in [0.25, 0.3) is 0 Å². The molecule has 4 aromatic rings. The molecule has 28 heavy (non-hydrogen) atoms. The lowest BCUT2D eigenvalue weighted by Gasteiger charge is -2.07. The molecule has 0 amide bonds. The number of rotatable bonds is 6. The van der Waals surface area contributed by atoms with Gasteiger partial charge in [-0.2, -0.15) is 0 Å². The van der Waals surface area contributed by atoms with Crippen molar-refractivity contribution in [1.29, 1.82) is 0 Å². The molecule has 8 nitrogen and oxygen atoms in total. The van der Waals surface area contributed by atoms with Gasteiger partial charge in [-0.1, -0.05) is 25.1 Å². The monoisotopic (exact) mass is 376 g/mol. The summed E-state index contributed by atoms with van der Waals surface area (Å²) in [5.41, 5.74) is 3.15. The molecule has 0 aliphatic rings. The first-order valence-corrected chi connectivity index (χ1v) is 9.14. The van der Waals surface area contributed by atoms with Gasteiger partial charge >= 0.3 is 5.97 Å². The lowest BCUT2D eigenvalue weighted by atomic mass is 10.2. The van der Waals surface area contributed by atoms with Crippen molar-refractivity contribution in [2.24, 2.45) is 0 Å². The van der Waals surface area contributed by atoms with Crippen molar-refractivity contribution in [2.75, 3.05) is 0 Å². The Kier molecular flexibility index (Phi) is 4.84. The summed E-state index contributed by atoms with van der Waals surface area (Å²) in [5.74, 6) is 0.950. The van der Waals surface area contributed by atoms with Crippen molar-refractivity contribution >= 4 is 17.0 Å². The minimum Gasteiger partial charge on any atom is -0.454 e. The van der Waals surface area contributed by atoms with Crippen molar-refractivity contribution in [3.8, 4) is 5.69 Å². The predicted molar refractivity (Wildman–Crippen MR) is 103 cm³/mol. The number of para-hydroxylation sites is 1. The first-order chi connectivity index (χ1) is 13.7. The molecule has 2 heterocycles. The Labute approximate surface area is 161 Å². The highest BCUT2D eigenvalue weighted by molar-refractivity contribution is 5.94. The molecule has 0 fully saturated rings. The summed E-state index contributed by atoms with van der Waals surface area (Å²) >= 11 is 0. The van der Waals surface area contributed by atoms with E-state index in [-0.39, 0.29) is 6.61 Å². The fourth-order valence-electron chi connectivity index (χ4n) is 3.16. The number of fused-ring (bicyclic) bond motifs is 1. The molecule has 0 N–H and O–H groups in total. The largest absolute Gasteiger partial charge is 0.454 e. The van der Waals surface area contributed by atoms with Gasteiger partial charge in [0.05, 0.1) is 16.6 Å². The van der Waals surface area contributed by atoms with Crippen LogP contribution in [0.3, 0.4) is 0 Å². The van der Waals surface area contributed by atoms with Gasteiger partial charge in [-0.25, -0.2) is 14.5 Å². The molecule has 4 rings (SSSR count). The zero-order valence-corrected chi connectivity index (χ0v) is 15.7. The Bertz CT molecular complexity index is 1120. The average molecular weight is 376 g/mol. The summed E-state index contributed by atoms with van der Waals surface area (Å²) in [6.07, 6.45) is 0.895. The fraction of sp³-hybridized carbons (Fsp3) is 0.250. The zero-order chi connectivity index (χ0) is 19.5. The SMILES string of the molecule is CCCn1nnnc1COC(=O)c1ccc2c(c1)nc(C)n2-c1ccccc1. The Balaban J connectivity index is 1.56. The Morgan fingerprint density at radius 2 is 1.96 bits per heavy atom. The number of aromatic nitrogens is 6. The van der Waals surface area contributed by atoms with Gasteiger partial charge < -0.3 is 4.74 Å². The lowest BCUT2D eigenvalue weighted by Crippen LogP contribution is -2.11. The molecule has 0 spiro atoms. The molecule has 8 heteroatoms. The maximum Gasteiger partial charge on any atom is 0.338 e. The third kappa shape index (κ3) is 3.36. The van der Waals surface area contributed by atoms with Crippen LogP contribution in [0.15, 0.2) is 48.5 Å². The van der Waals surface area contributed by atoms with Crippen LogP contribution in [0, 0.1) is 6.92 Å². The van der Waals surface area contributed by atoms with E-state index in [1.165, 1.54) is 0 Å². The van der Waals surface area contributed by atoms with E-state index in [1.807, 2.05) is 50.2 Å². The van der Waals surface area contributed by atoms with E-state index in [4.69, 9.17) is 4.74 Å². The average Bonchev–Trinajstić information content (AvgIpc) is 3.29. The lowest BCUT2D eigenvalue weighted by molar-refractivity contribution is 0.0456. The summed E-state index contributed by atoms with van der Waals surface area (Å²) in [7, 11) is 0. The first-order valence-electron chi connectivity index (χ1n) is 9.14. The molecule has 0 unspecified atom stereocenters. The van der Waals surface area contributed by atoms with Crippen molar-refractivity contribution in [2.45, 2.75) is 33.4 Å². The van der Waals surface area contributed by atoms with E-state index in [0.717, 1.165) is 29.0 Å². The summed E-state index contributed by atoms with van der Waals surface area (Å²) in [5, 5.41) is 11.4. The predicted octanol–water partition coefficient (Wildman–Crippen LogP) is 3.09. The number of aryl methyl sites for hydroxylation is 2. The topological polar surface area (TPSA) is 87.7 Å². The van der Waals surface area contributed by atoms with Crippen LogP contribution < -0.4 is 0 Å². The summed E-state index contributed by atoms with van der Waals surface area (Å²) < 4.78 is 9.09. The third-order valence-electron chi connectivity index (χ3n) is 4.45. The van der Waals surface area contributed by atoms with Crippen molar-refractivity contribution in [1.82, 2.24) is 29.8 Å². The van der Waals surface area contributed by atoms with Gasteiger partial charge in [0.15, 0.2) is 12.4 Å². The van der Waals surface area contributed by atoms with Gasteiger partial charge in [-0.15, -0.1) is 5.10 Å². The van der Waals surface area contributed by atoms with Crippen LogP contribution in [-0.4, -0.2) is 35.7 Å². The highest BCUT2D eigenvalue weighted by Crippen LogP contribution is 2.22. The molecule has 2 aromatic heterocycles. The quantitative estimate of drug-likeness (QED) is 0.481. The van der Waals surface area contributed by atoms with Crippen LogP contribution in [0.4, 0.5) is 0 Å². The van der Waals surface area contributed by atoms with Gasteiger partial charge in [0, 0.05) is 12.2 Å². The Morgan fingerprint density at radius 1 is 1.14 bits per heavy atom. The molecule has 0 saturated heterocycles. The second-order valence-corrected chi connectivity index (χ2v) is 6.43. The third-order valence-corrected chi connectivity index (χ3v) is 4.45. The molecule has 0 aliphatic heterocycles. The van der Waals surface area contributed by atoms with E-state index < -0.39 is 5.97 Å². The van der Waals surface area contributed by atoms with Crippen LogP contribution in [0.2, 0.25) is 0 Å². The smallest absolute Gasteiger partial charge is 0.338 e.